The standard InChI is InChI=1S/C19H24ClN5O2/c1-13(14(2)21)18(26)24-10-8-23(9-11-24)16-12-22-25(19(27)17(16)20)15-6-4-3-5-7-15/h3-7,12-14H,8-11,21H2,1-2H3. The first-order valence-corrected chi connectivity index (χ1v) is 9.40. The summed E-state index contributed by atoms with van der Waals surface area (Å²) in [5.74, 6) is -0.148. The van der Waals surface area contributed by atoms with Crippen molar-refractivity contribution in [1.29, 1.82) is 0 Å². The first-order chi connectivity index (χ1) is 12.9. The third kappa shape index (κ3) is 3.99. The normalized spacial score (nSPS) is 16.9. The van der Waals surface area contributed by atoms with Gasteiger partial charge in [-0.05, 0) is 19.1 Å². The van der Waals surface area contributed by atoms with Crippen molar-refractivity contribution in [3.8, 4) is 5.69 Å². The van der Waals surface area contributed by atoms with Gasteiger partial charge in [0, 0.05) is 32.2 Å². The third-order valence-corrected chi connectivity index (χ3v) is 5.37. The number of carbonyl (C=O) groups is 1. The predicted octanol–water partition coefficient (Wildman–Crippen LogP) is 1.52. The SMILES string of the molecule is CC(N)C(C)C(=O)N1CCN(c2cnn(-c3ccccc3)c(=O)c2Cl)CC1. The van der Waals surface area contributed by atoms with Crippen molar-refractivity contribution in [2.45, 2.75) is 19.9 Å². The third-order valence-electron chi connectivity index (χ3n) is 5.01. The van der Waals surface area contributed by atoms with Crippen molar-refractivity contribution in [1.82, 2.24) is 14.7 Å². The summed E-state index contributed by atoms with van der Waals surface area (Å²) in [5.41, 5.74) is 6.74. The van der Waals surface area contributed by atoms with E-state index in [1.54, 1.807) is 18.3 Å². The van der Waals surface area contributed by atoms with Crippen LogP contribution >= 0.6 is 11.6 Å². The van der Waals surface area contributed by atoms with Crippen LogP contribution in [0.25, 0.3) is 5.69 Å². The summed E-state index contributed by atoms with van der Waals surface area (Å²) in [6.45, 7) is 6.00. The molecule has 2 N–H and O–H groups in total. The second-order valence-electron chi connectivity index (χ2n) is 6.86. The van der Waals surface area contributed by atoms with Crippen LogP contribution in [-0.2, 0) is 4.79 Å². The summed E-state index contributed by atoms with van der Waals surface area (Å²) >= 11 is 6.36. The van der Waals surface area contributed by atoms with Crippen molar-refractivity contribution in [2.24, 2.45) is 11.7 Å². The molecule has 3 rings (SSSR count). The van der Waals surface area contributed by atoms with Crippen LogP contribution in [0.2, 0.25) is 5.02 Å². The lowest BCUT2D eigenvalue weighted by molar-refractivity contribution is -0.135. The highest BCUT2D eigenvalue weighted by atomic mass is 35.5. The maximum atomic E-state index is 12.6. The first-order valence-electron chi connectivity index (χ1n) is 9.02. The van der Waals surface area contributed by atoms with Crippen LogP contribution in [0.4, 0.5) is 5.69 Å². The quantitative estimate of drug-likeness (QED) is 0.856. The van der Waals surface area contributed by atoms with E-state index in [1.165, 1.54) is 4.68 Å². The number of hydrogen-bond acceptors (Lipinski definition) is 5. The number of rotatable bonds is 4. The number of halogens is 1. The highest BCUT2D eigenvalue weighted by Crippen LogP contribution is 2.23. The Morgan fingerprint density at radius 1 is 1.15 bits per heavy atom. The number of carbonyl (C=O) groups excluding carboxylic acids is 1. The molecule has 0 spiro atoms. The zero-order chi connectivity index (χ0) is 19.6. The average molecular weight is 390 g/mol. The molecule has 1 amide bonds. The zero-order valence-corrected chi connectivity index (χ0v) is 16.3. The van der Waals surface area contributed by atoms with Crippen LogP contribution in [-0.4, -0.2) is 52.8 Å². The van der Waals surface area contributed by atoms with E-state index in [4.69, 9.17) is 17.3 Å². The minimum atomic E-state index is -0.357. The van der Waals surface area contributed by atoms with Gasteiger partial charge in [-0.1, -0.05) is 36.7 Å². The van der Waals surface area contributed by atoms with E-state index in [-0.39, 0.29) is 28.4 Å². The Hall–Kier alpha value is -2.38. The van der Waals surface area contributed by atoms with Crippen LogP contribution in [0.1, 0.15) is 13.8 Å². The Morgan fingerprint density at radius 3 is 2.37 bits per heavy atom. The number of benzene rings is 1. The molecule has 27 heavy (non-hydrogen) atoms. The molecule has 2 heterocycles. The van der Waals surface area contributed by atoms with Gasteiger partial charge in [-0.15, -0.1) is 0 Å². The van der Waals surface area contributed by atoms with Gasteiger partial charge in [-0.2, -0.15) is 9.78 Å². The maximum absolute atomic E-state index is 12.6. The second-order valence-corrected chi connectivity index (χ2v) is 7.23. The molecule has 0 bridgehead atoms. The summed E-state index contributed by atoms with van der Waals surface area (Å²) in [6.07, 6.45) is 1.61. The lowest BCUT2D eigenvalue weighted by atomic mass is 10.0. The zero-order valence-electron chi connectivity index (χ0n) is 15.5. The van der Waals surface area contributed by atoms with Crippen molar-refractivity contribution in [3.05, 3.63) is 51.9 Å². The minimum absolute atomic E-state index is 0.0633. The smallest absolute Gasteiger partial charge is 0.292 e. The molecule has 1 saturated heterocycles. The van der Waals surface area contributed by atoms with E-state index >= 15 is 0 Å². The van der Waals surface area contributed by atoms with Gasteiger partial charge in [0.1, 0.15) is 5.02 Å². The molecule has 0 radical (unpaired) electrons. The van der Waals surface area contributed by atoms with Gasteiger partial charge in [0.15, 0.2) is 0 Å². The number of amides is 1. The van der Waals surface area contributed by atoms with Crippen molar-refractivity contribution in [2.75, 3.05) is 31.1 Å². The van der Waals surface area contributed by atoms with Gasteiger partial charge >= 0.3 is 0 Å². The maximum Gasteiger partial charge on any atom is 0.292 e. The van der Waals surface area contributed by atoms with Crippen LogP contribution < -0.4 is 16.2 Å². The summed E-state index contributed by atoms with van der Waals surface area (Å²) < 4.78 is 1.29. The summed E-state index contributed by atoms with van der Waals surface area (Å²) in [7, 11) is 0. The van der Waals surface area contributed by atoms with Crippen LogP contribution in [0.3, 0.4) is 0 Å². The molecular weight excluding hydrogens is 366 g/mol. The summed E-state index contributed by atoms with van der Waals surface area (Å²) in [4.78, 5) is 28.9. The fraction of sp³-hybridized carbons (Fsp3) is 0.421. The minimum Gasteiger partial charge on any atom is -0.365 e. The molecule has 1 aromatic carbocycles. The summed E-state index contributed by atoms with van der Waals surface area (Å²) in [6, 6.07) is 8.97. The molecule has 1 aromatic heterocycles. The van der Waals surface area contributed by atoms with E-state index in [0.29, 0.717) is 37.6 Å². The van der Waals surface area contributed by atoms with E-state index < -0.39 is 0 Å². The molecule has 2 unspecified atom stereocenters. The van der Waals surface area contributed by atoms with Gasteiger partial charge in [0.05, 0.1) is 23.5 Å². The Labute approximate surface area is 163 Å². The van der Waals surface area contributed by atoms with Crippen LogP contribution in [0.5, 0.6) is 0 Å². The van der Waals surface area contributed by atoms with Gasteiger partial charge in [0.2, 0.25) is 5.91 Å². The molecule has 144 valence electrons. The number of hydrogen-bond donors (Lipinski definition) is 1. The molecule has 1 fully saturated rings. The highest BCUT2D eigenvalue weighted by molar-refractivity contribution is 6.33. The number of aromatic nitrogens is 2. The van der Waals surface area contributed by atoms with Crippen molar-refractivity contribution >= 4 is 23.2 Å². The molecule has 8 heteroatoms. The molecule has 1 aliphatic heterocycles. The van der Waals surface area contributed by atoms with E-state index in [1.807, 2.05) is 41.8 Å². The topological polar surface area (TPSA) is 84.5 Å². The number of anilines is 1. The Morgan fingerprint density at radius 2 is 1.78 bits per heavy atom. The molecule has 0 aliphatic carbocycles. The molecule has 2 atom stereocenters. The molecular formula is C19H24ClN5O2. The monoisotopic (exact) mass is 389 g/mol. The molecule has 0 saturated carbocycles. The lowest BCUT2D eigenvalue weighted by Gasteiger charge is -2.37. The fourth-order valence-electron chi connectivity index (χ4n) is 3.08. The highest BCUT2D eigenvalue weighted by Gasteiger charge is 2.28. The number of piperazine rings is 1. The Balaban J connectivity index is 1.75. The van der Waals surface area contributed by atoms with E-state index in [0.717, 1.165) is 0 Å². The summed E-state index contributed by atoms with van der Waals surface area (Å²) in [5, 5.41) is 4.41. The van der Waals surface area contributed by atoms with Crippen LogP contribution in [0, 0.1) is 5.92 Å². The average Bonchev–Trinajstić information content (AvgIpc) is 2.69. The lowest BCUT2D eigenvalue weighted by Crippen LogP contribution is -2.52. The van der Waals surface area contributed by atoms with Crippen molar-refractivity contribution < 1.29 is 4.79 Å². The molecule has 2 aromatic rings. The van der Waals surface area contributed by atoms with Gasteiger partial charge < -0.3 is 15.5 Å². The molecule has 7 nitrogen and oxygen atoms in total. The number of para-hydroxylation sites is 1. The van der Waals surface area contributed by atoms with E-state index in [9.17, 15) is 9.59 Å². The van der Waals surface area contributed by atoms with E-state index in [2.05, 4.69) is 5.10 Å². The predicted molar refractivity (Wildman–Crippen MR) is 106 cm³/mol. The second kappa shape index (κ2) is 8.10. The Bertz CT molecular complexity index is 860. The van der Waals surface area contributed by atoms with Gasteiger partial charge in [-0.3, -0.25) is 9.59 Å². The molecule has 1 aliphatic rings. The first kappa shape index (κ1) is 19.4. The van der Waals surface area contributed by atoms with Gasteiger partial charge in [-0.25, -0.2) is 0 Å². The van der Waals surface area contributed by atoms with Crippen molar-refractivity contribution in [3.63, 3.8) is 0 Å². The number of nitrogens with two attached hydrogens (primary N) is 1. The Kier molecular flexibility index (Phi) is 5.82. The van der Waals surface area contributed by atoms with Gasteiger partial charge in [0.25, 0.3) is 5.56 Å². The van der Waals surface area contributed by atoms with Crippen LogP contribution in [0.15, 0.2) is 41.3 Å². The number of nitrogens with zero attached hydrogens (tertiary/aromatic N) is 4. The fourth-order valence-corrected chi connectivity index (χ4v) is 3.33. The largest absolute Gasteiger partial charge is 0.365 e.